The number of rotatable bonds is 5. The number of benzene rings is 1. The molecule has 0 heterocycles. The molecule has 0 saturated heterocycles. The lowest BCUT2D eigenvalue weighted by Gasteiger charge is -2.24. The molecule has 0 aliphatic rings. The van der Waals surface area contributed by atoms with Crippen LogP contribution in [0.2, 0.25) is 0 Å². The van der Waals surface area contributed by atoms with Crippen LogP contribution in [0.15, 0.2) is 29.4 Å². The van der Waals surface area contributed by atoms with Gasteiger partial charge in [0, 0.05) is 5.56 Å². The molecule has 0 spiro atoms. The molecule has 3 N–H and O–H groups in total. The highest BCUT2D eigenvalue weighted by molar-refractivity contribution is 5.98. The van der Waals surface area contributed by atoms with E-state index in [1.54, 1.807) is 0 Å². The van der Waals surface area contributed by atoms with Crippen LogP contribution in [0, 0.1) is 0 Å². The maximum atomic E-state index is 8.71. The van der Waals surface area contributed by atoms with Gasteiger partial charge < -0.3 is 15.7 Å². The van der Waals surface area contributed by atoms with Crippen molar-refractivity contribution in [3.63, 3.8) is 0 Å². The zero-order chi connectivity index (χ0) is 12.9. The maximum Gasteiger partial charge on any atom is 0.170 e. The molecule has 0 fully saturated rings. The van der Waals surface area contributed by atoms with Crippen LogP contribution in [0.5, 0.6) is 0 Å². The van der Waals surface area contributed by atoms with E-state index < -0.39 is 0 Å². The van der Waals surface area contributed by atoms with Crippen molar-refractivity contribution in [1.82, 2.24) is 0 Å². The standard InChI is InChI=1S/C13H20N2O2/c1-4-13(2,3)17-9-10-7-5-6-8-11(10)12(14)15-16/h5-8,16H,4,9H2,1-3H3,(H2,14,15). The van der Waals surface area contributed by atoms with Crippen LogP contribution in [0.4, 0.5) is 0 Å². The summed E-state index contributed by atoms with van der Waals surface area (Å²) in [5.41, 5.74) is 7.07. The van der Waals surface area contributed by atoms with Crippen molar-refractivity contribution < 1.29 is 9.94 Å². The van der Waals surface area contributed by atoms with E-state index in [-0.39, 0.29) is 11.4 Å². The van der Waals surface area contributed by atoms with Gasteiger partial charge in [-0.2, -0.15) is 0 Å². The fourth-order valence-corrected chi connectivity index (χ4v) is 1.33. The molecule has 1 rings (SSSR count). The second kappa shape index (κ2) is 5.68. The van der Waals surface area contributed by atoms with E-state index >= 15 is 0 Å². The number of amidine groups is 1. The maximum absolute atomic E-state index is 8.71. The summed E-state index contributed by atoms with van der Waals surface area (Å²) >= 11 is 0. The van der Waals surface area contributed by atoms with E-state index in [0.717, 1.165) is 12.0 Å². The van der Waals surface area contributed by atoms with Crippen molar-refractivity contribution in [2.75, 3.05) is 0 Å². The first-order valence-electron chi connectivity index (χ1n) is 5.70. The Morgan fingerprint density at radius 1 is 1.41 bits per heavy atom. The van der Waals surface area contributed by atoms with Crippen molar-refractivity contribution in [3.05, 3.63) is 35.4 Å². The fourth-order valence-electron chi connectivity index (χ4n) is 1.33. The molecule has 0 atom stereocenters. The molecule has 1 aromatic rings. The first-order chi connectivity index (χ1) is 8.00. The summed E-state index contributed by atoms with van der Waals surface area (Å²) < 4.78 is 5.81. The minimum absolute atomic E-state index is 0.110. The highest BCUT2D eigenvalue weighted by Crippen LogP contribution is 2.18. The molecule has 0 saturated carbocycles. The van der Waals surface area contributed by atoms with E-state index in [1.807, 2.05) is 38.1 Å². The van der Waals surface area contributed by atoms with Gasteiger partial charge in [0.05, 0.1) is 12.2 Å². The number of hydrogen-bond donors (Lipinski definition) is 2. The van der Waals surface area contributed by atoms with Gasteiger partial charge in [-0.25, -0.2) is 0 Å². The second-order valence-corrected chi connectivity index (χ2v) is 4.54. The minimum atomic E-state index is -0.168. The Morgan fingerprint density at radius 3 is 2.65 bits per heavy atom. The Bertz CT molecular complexity index is 400. The smallest absolute Gasteiger partial charge is 0.170 e. The highest BCUT2D eigenvalue weighted by atomic mass is 16.5. The number of hydrogen-bond acceptors (Lipinski definition) is 3. The van der Waals surface area contributed by atoms with Gasteiger partial charge in [-0.3, -0.25) is 0 Å². The van der Waals surface area contributed by atoms with Crippen molar-refractivity contribution in [3.8, 4) is 0 Å². The SMILES string of the molecule is CCC(C)(C)OCc1ccccc1/C(N)=N/O. The number of nitrogens with two attached hydrogens (primary N) is 1. The van der Waals surface area contributed by atoms with Crippen molar-refractivity contribution in [1.29, 1.82) is 0 Å². The zero-order valence-electron chi connectivity index (χ0n) is 10.6. The summed E-state index contributed by atoms with van der Waals surface area (Å²) in [6.07, 6.45) is 0.929. The van der Waals surface area contributed by atoms with Crippen molar-refractivity contribution >= 4 is 5.84 Å². The lowest BCUT2D eigenvalue weighted by atomic mass is 10.1. The summed E-state index contributed by atoms with van der Waals surface area (Å²) in [6.45, 7) is 6.61. The second-order valence-electron chi connectivity index (χ2n) is 4.54. The monoisotopic (exact) mass is 236 g/mol. The van der Waals surface area contributed by atoms with Gasteiger partial charge in [0.1, 0.15) is 0 Å². The number of oxime groups is 1. The summed E-state index contributed by atoms with van der Waals surface area (Å²) in [7, 11) is 0. The Hall–Kier alpha value is -1.55. The predicted molar refractivity (Wildman–Crippen MR) is 68.1 cm³/mol. The molecule has 17 heavy (non-hydrogen) atoms. The normalized spacial score (nSPS) is 12.8. The quantitative estimate of drug-likeness (QED) is 0.357. The van der Waals surface area contributed by atoms with Crippen LogP contribution in [-0.2, 0) is 11.3 Å². The lowest BCUT2D eigenvalue weighted by Crippen LogP contribution is -2.24. The Kier molecular flexibility index (Phi) is 4.52. The van der Waals surface area contributed by atoms with Crippen LogP contribution in [0.3, 0.4) is 0 Å². The molecular formula is C13H20N2O2. The molecule has 4 nitrogen and oxygen atoms in total. The molecule has 4 heteroatoms. The molecule has 0 amide bonds. The molecule has 94 valence electrons. The molecule has 0 radical (unpaired) electrons. The Balaban J connectivity index is 2.85. The van der Waals surface area contributed by atoms with Crippen molar-refractivity contribution in [2.24, 2.45) is 10.9 Å². The number of ether oxygens (including phenoxy) is 1. The summed E-state index contributed by atoms with van der Waals surface area (Å²) in [6, 6.07) is 7.49. The Labute approximate surface area is 102 Å². The van der Waals surface area contributed by atoms with E-state index in [9.17, 15) is 0 Å². The topological polar surface area (TPSA) is 67.8 Å². The lowest BCUT2D eigenvalue weighted by molar-refractivity contribution is -0.0316. The molecular weight excluding hydrogens is 216 g/mol. The fraction of sp³-hybridized carbons (Fsp3) is 0.462. The molecule has 1 aromatic carbocycles. The average Bonchev–Trinajstić information content (AvgIpc) is 2.36. The third-order valence-corrected chi connectivity index (χ3v) is 2.87. The minimum Gasteiger partial charge on any atom is -0.409 e. The zero-order valence-corrected chi connectivity index (χ0v) is 10.6. The van der Waals surface area contributed by atoms with E-state index in [4.69, 9.17) is 15.7 Å². The summed E-state index contributed by atoms with van der Waals surface area (Å²) in [5, 5.41) is 11.7. The highest BCUT2D eigenvalue weighted by Gasteiger charge is 2.16. The van der Waals surface area contributed by atoms with Crippen LogP contribution in [-0.4, -0.2) is 16.6 Å². The van der Waals surface area contributed by atoms with Crippen LogP contribution in [0.25, 0.3) is 0 Å². The predicted octanol–water partition coefficient (Wildman–Crippen LogP) is 2.49. The van der Waals surface area contributed by atoms with Gasteiger partial charge in [-0.15, -0.1) is 0 Å². The Morgan fingerprint density at radius 2 is 2.06 bits per heavy atom. The first-order valence-corrected chi connectivity index (χ1v) is 5.70. The van der Waals surface area contributed by atoms with E-state index in [1.165, 1.54) is 0 Å². The van der Waals surface area contributed by atoms with Gasteiger partial charge in [-0.05, 0) is 25.8 Å². The molecule has 0 unspecified atom stereocenters. The average molecular weight is 236 g/mol. The van der Waals surface area contributed by atoms with Gasteiger partial charge in [0.15, 0.2) is 5.84 Å². The molecule has 0 aromatic heterocycles. The van der Waals surface area contributed by atoms with Crippen LogP contribution >= 0.6 is 0 Å². The van der Waals surface area contributed by atoms with Crippen LogP contribution in [0.1, 0.15) is 38.3 Å². The van der Waals surface area contributed by atoms with Crippen LogP contribution < -0.4 is 5.73 Å². The van der Waals surface area contributed by atoms with Gasteiger partial charge in [0.2, 0.25) is 0 Å². The summed E-state index contributed by atoms with van der Waals surface area (Å²) in [4.78, 5) is 0. The molecule has 0 aliphatic heterocycles. The van der Waals surface area contributed by atoms with Gasteiger partial charge >= 0.3 is 0 Å². The van der Waals surface area contributed by atoms with Gasteiger partial charge in [-0.1, -0.05) is 36.3 Å². The van der Waals surface area contributed by atoms with E-state index in [2.05, 4.69) is 12.1 Å². The first kappa shape index (κ1) is 13.5. The third kappa shape index (κ3) is 3.75. The summed E-state index contributed by atoms with van der Waals surface area (Å²) in [5.74, 6) is 0.110. The number of nitrogens with zero attached hydrogens (tertiary/aromatic N) is 1. The molecule has 0 aliphatic carbocycles. The van der Waals surface area contributed by atoms with Crippen molar-refractivity contribution in [2.45, 2.75) is 39.4 Å². The largest absolute Gasteiger partial charge is 0.409 e. The molecule has 0 bridgehead atoms. The van der Waals surface area contributed by atoms with E-state index in [0.29, 0.717) is 12.2 Å². The van der Waals surface area contributed by atoms with Gasteiger partial charge in [0.25, 0.3) is 0 Å². The third-order valence-electron chi connectivity index (χ3n) is 2.87.